The van der Waals surface area contributed by atoms with E-state index in [1.165, 1.54) is 16.7 Å². The molecule has 0 saturated heterocycles. The molecule has 0 aliphatic carbocycles. The van der Waals surface area contributed by atoms with Gasteiger partial charge in [-0.2, -0.15) is 0 Å². The van der Waals surface area contributed by atoms with E-state index in [1.807, 2.05) is 6.92 Å². The van der Waals surface area contributed by atoms with Gasteiger partial charge in [0.2, 0.25) is 5.91 Å². The van der Waals surface area contributed by atoms with E-state index in [1.54, 1.807) is 18.2 Å². The smallest absolute Gasteiger partial charge is 0.355 e. The molecule has 2 rings (SSSR count). The third-order valence-corrected chi connectivity index (χ3v) is 4.33. The predicted octanol–water partition coefficient (Wildman–Crippen LogP) is 2.79. The quantitative estimate of drug-likeness (QED) is 0.748. The van der Waals surface area contributed by atoms with Crippen LogP contribution in [0.15, 0.2) is 23.6 Å². The highest BCUT2D eigenvalue weighted by atomic mass is 35.5. The minimum atomic E-state index is -1.05. The number of carbonyl (C=O) groups excluding carboxylic acids is 1. The fourth-order valence-corrected chi connectivity index (χ4v) is 3.09. The van der Waals surface area contributed by atoms with E-state index in [-0.39, 0.29) is 18.0 Å². The van der Waals surface area contributed by atoms with Crippen molar-refractivity contribution >= 4 is 34.8 Å². The van der Waals surface area contributed by atoms with Gasteiger partial charge >= 0.3 is 5.97 Å². The highest BCUT2D eigenvalue weighted by molar-refractivity contribution is 7.09. The van der Waals surface area contributed by atoms with Gasteiger partial charge in [0.05, 0.1) is 23.1 Å². The summed E-state index contributed by atoms with van der Waals surface area (Å²) < 4.78 is 5.49. The van der Waals surface area contributed by atoms with E-state index in [0.29, 0.717) is 35.4 Å². The lowest BCUT2D eigenvalue weighted by molar-refractivity contribution is -0.120. The second kappa shape index (κ2) is 8.65. The number of para-hydroxylation sites is 1. The molecule has 2 aromatic rings. The zero-order chi connectivity index (χ0) is 17.5. The molecule has 1 aromatic heterocycles. The van der Waals surface area contributed by atoms with E-state index < -0.39 is 5.97 Å². The number of aromatic nitrogens is 1. The molecule has 1 amide bonds. The lowest BCUT2D eigenvalue weighted by atomic mass is 10.1. The van der Waals surface area contributed by atoms with Crippen LogP contribution in [0.1, 0.15) is 28.0 Å². The monoisotopic (exact) mass is 368 g/mol. The number of amides is 1. The number of hydrogen-bond donors (Lipinski definition) is 2. The number of benzene rings is 1. The average Bonchev–Trinajstić information content (AvgIpc) is 3.00. The zero-order valence-corrected chi connectivity index (χ0v) is 14.6. The lowest BCUT2D eigenvalue weighted by Gasteiger charge is -2.11. The highest BCUT2D eigenvalue weighted by Crippen LogP contribution is 2.29. The summed E-state index contributed by atoms with van der Waals surface area (Å²) in [5, 5.41) is 14.2. The molecule has 1 aromatic carbocycles. The van der Waals surface area contributed by atoms with Gasteiger partial charge in [0.15, 0.2) is 5.69 Å². The van der Waals surface area contributed by atoms with Gasteiger partial charge < -0.3 is 15.2 Å². The van der Waals surface area contributed by atoms with Gasteiger partial charge in [-0.05, 0) is 13.0 Å². The summed E-state index contributed by atoms with van der Waals surface area (Å²) in [6.45, 7) is 2.71. The first-order valence-electron chi connectivity index (χ1n) is 7.35. The summed E-state index contributed by atoms with van der Waals surface area (Å²) in [7, 11) is 0. The van der Waals surface area contributed by atoms with Crippen LogP contribution in [-0.4, -0.2) is 35.1 Å². The summed E-state index contributed by atoms with van der Waals surface area (Å²) in [6, 6.07) is 5.29. The second-order valence-corrected chi connectivity index (χ2v) is 6.22. The number of halogens is 1. The molecule has 1 heterocycles. The number of aromatic carboxylic acids is 1. The van der Waals surface area contributed by atoms with Crippen LogP contribution in [-0.2, 0) is 17.6 Å². The number of carboxylic acids is 1. The first kappa shape index (κ1) is 18.2. The summed E-state index contributed by atoms with van der Waals surface area (Å²) in [4.78, 5) is 26.8. The summed E-state index contributed by atoms with van der Waals surface area (Å²) in [6.07, 6.45) is 0.645. The van der Waals surface area contributed by atoms with Gasteiger partial charge in [0, 0.05) is 23.9 Å². The van der Waals surface area contributed by atoms with Crippen molar-refractivity contribution < 1.29 is 19.4 Å². The van der Waals surface area contributed by atoms with Crippen LogP contribution in [0.4, 0.5) is 0 Å². The van der Waals surface area contributed by atoms with Gasteiger partial charge in [-0.1, -0.05) is 23.7 Å². The van der Waals surface area contributed by atoms with E-state index in [0.717, 1.165) is 5.56 Å². The van der Waals surface area contributed by atoms with Crippen molar-refractivity contribution in [3.05, 3.63) is 44.9 Å². The molecule has 0 aliphatic rings. The maximum Gasteiger partial charge on any atom is 0.355 e. The number of hydrogen-bond acceptors (Lipinski definition) is 5. The summed E-state index contributed by atoms with van der Waals surface area (Å²) >= 11 is 7.36. The molecule has 6 nitrogen and oxygen atoms in total. The molecular weight excluding hydrogens is 352 g/mol. The number of carbonyl (C=O) groups is 2. The fourth-order valence-electron chi connectivity index (χ4n) is 2.07. The Morgan fingerprint density at radius 3 is 2.88 bits per heavy atom. The number of nitrogens with zero attached hydrogens (tertiary/aromatic N) is 1. The van der Waals surface area contributed by atoms with Crippen LogP contribution in [0, 0.1) is 0 Å². The number of ether oxygens (including phenoxy) is 1. The Balaban J connectivity index is 1.87. The second-order valence-electron chi connectivity index (χ2n) is 4.87. The van der Waals surface area contributed by atoms with Crippen LogP contribution in [0.3, 0.4) is 0 Å². The molecule has 0 saturated carbocycles. The molecule has 2 N–H and O–H groups in total. The van der Waals surface area contributed by atoms with E-state index in [2.05, 4.69) is 10.3 Å². The number of carboxylic acid groups (broad SMARTS) is 1. The Morgan fingerprint density at radius 1 is 1.42 bits per heavy atom. The Kier molecular flexibility index (Phi) is 6.57. The van der Waals surface area contributed by atoms with Gasteiger partial charge in [-0.25, -0.2) is 9.78 Å². The number of thiazole rings is 1. The molecule has 0 aliphatic heterocycles. The minimum Gasteiger partial charge on any atom is -0.492 e. The summed E-state index contributed by atoms with van der Waals surface area (Å²) in [5.41, 5.74) is 0.755. The van der Waals surface area contributed by atoms with Gasteiger partial charge in [0.1, 0.15) is 5.75 Å². The zero-order valence-electron chi connectivity index (χ0n) is 13.0. The Labute approximate surface area is 148 Å². The van der Waals surface area contributed by atoms with E-state index in [4.69, 9.17) is 21.4 Å². The Morgan fingerprint density at radius 2 is 2.21 bits per heavy atom. The van der Waals surface area contributed by atoms with Crippen LogP contribution in [0.2, 0.25) is 5.02 Å². The Bertz CT molecular complexity index is 733. The standard InChI is InChI=1S/C16H17ClN2O4S/c1-2-23-15-10(4-3-5-11(15)17)8-13(20)18-7-6-14-19-12(9-24-14)16(21)22/h3-5,9H,2,6-8H2,1H3,(H,18,20)(H,21,22). The van der Waals surface area contributed by atoms with Crippen molar-refractivity contribution in [1.82, 2.24) is 10.3 Å². The Hall–Kier alpha value is -2.12. The van der Waals surface area contributed by atoms with Crippen molar-refractivity contribution in [1.29, 1.82) is 0 Å². The largest absolute Gasteiger partial charge is 0.492 e. The maximum atomic E-state index is 12.1. The van der Waals surface area contributed by atoms with Crippen molar-refractivity contribution in [2.24, 2.45) is 0 Å². The number of nitrogens with one attached hydrogen (secondary N) is 1. The first-order valence-corrected chi connectivity index (χ1v) is 8.61. The lowest BCUT2D eigenvalue weighted by Crippen LogP contribution is -2.27. The van der Waals surface area contributed by atoms with Gasteiger partial charge in [-0.15, -0.1) is 11.3 Å². The number of rotatable bonds is 8. The molecule has 8 heteroatoms. The molecule has 0 atom stereocenters. The molecule has 0 fully saturated rings. The van der Waals surface area contributed by atoms with E-state index >= 15 is 0 Å². The first-order chi connectivity index (χ1) is 11.5. The van der Waals surface area contributed by atoms with Crippen molar-refractivity contribution in [3.8, 4) is 5.75 Å². The fraction of sp³-hybridized carbons (Fsp3) is 0.312. The van der Waals surface area contributed by atoms with Crippen LogP contribution < -0.4 is 10.1 Å². The van der Waals surface area contributed by atoms with E-state index in [9.17, 15) is 9.59 Å². The molecule has 128 valence electrons. The van der Waals surface area contributed by atoms with Crippen molar-refractivity contribution in [2.45, 2.75) is 19.8 Å². The molecule has 0 spiro atoms. The maximum absolute atomic E-state index is 12.1. The van der Waals surface area contributed by atoms with Gasteiger partial charge in [0.25, 0.3) is 0 Å². The third-order valence-electron chi connectivity index (χ3n) is 3.12. The van der Waals surface area contributed by atoms with Gasteiger partial charge in [-0.3, -0.25) is 4.79 Å². The molecule has 0 radical (unpaired) electrons. The van der Waals surface area contributed by atoms with Crippen LogP contribution >= 0.6 is 22.9 Å². The minimum absolute atomic E-state index is 0.0293. The van der Waals surface area contributed by atoms with Crippen molar-refractivity contribution in [3.63, 3.8) is 0 Å². The molecule has 0 unspecified atom stereocenters. The van der Waals surface area contributed by atoms with Crippen molar-refractivity contribution in [2.75, 3.05) is 13.2 Å². The summed E-state index contributed by atoms with van der Waals surface area (Å²) in [5.74, 6) is -0.679. The van der Waals surface area contributed by atoms with Crippen LogP contribution in [0.25, 0.3) is 0 Å². The van der Waals surface area contributed by atoms with Crippen LogP contribution in [0.5, 0.6) is 5.75 Å². The highest BCUT2D eigenvalue weighted by Gasteiger charge is 2.12. The molecule has 24 heavy (non-hydrogen) atoms. The third kappa shape index (κ3) is 4.94. The molecular formula is C16H17ClN2O4S. The predicted molar refractivity (Wildman–Crippen MR) is 92.1 cm³/mol. The topological polar surface area (TPSA) is 88.5 Å². The normalized spacial score (nSPS) is 10.4. The average molecular weight is 369 g/mol. The molecule has 0 bridgehead atoms. The SMILES string of the molecule is CCOc1c(Cl)cccc1CC(=O)NCCc1nc(C(=O)O)cs1.